The van der Waals surface area contributed by atoms with E-state index in [-0.39, 0.29) is 34.5 Å². The molecule has 0 saturated carbocycles. The van der Waals surface area contributed by atoms with Crippen LogP contribution in [0.5, 0.6) is 5.75 Å². The number of benzene rings is 3. The lowest BCUT2D eigenvalue weighted by atomic mass is 10.1. The van der Waals surface area contributed by atoms with E-state index >= 15 is 0 Å². The van der Waals surface area contributed by atoms with E-state index in [1.54, 1.807) is 19.1 Å². The summed E-state index contributed by atoms with van der Waals surface area (Å²) in [6.07, 6.45) is 0.983. The van der Waals surface area contributed by atoms with Crippen LogP contribution in [0.4, 0.5) is 10.1 Å². The summed E-state index contributed by atoms with van der Waals surface area (Å²) in [5.41, 5.74) is 1.60. The van der Waals surface area contributed by atoms with Gasteiger partial charge in [0.2, 0.25) is 11.8 Å². The van der Waals surface area contributed by atoms with E-state index in [9.17, 15) is 22.4 Å². The van der Waals surface area contributed by atoms with Crippen LogP contribution in [0.25, 0.3) is 0 Å². The molecule has 0 saturated heterocycles. The molecule has 3 aromatic rings. The lowest BCUT2D eigenvalue weighted by Gasteiger charge is -2.33. The largest absolute Gasteiger partial charge is 0.495 e. The number of hydrogen-bond donors (Lipinski definition) is 1. The van der Waals surface area contributed by atoms with Gasteiger partial charge in [-0.15, -0.1) is 0 Å². The number of carbonyl (C=O) groups is 2. The maximum atomic E-state index is 14.0. The molecule has 3 rings (SSSR count). The molecule has 8 nitrogen and oxygen atoms in total. The molecule has 3 aromatic carbocycles. The Bertz CT molecular complexity index is 1450. The molecule has 1 atom stereocenters. The number of aryl methyl sites for hydroxylation is 1. The topological polar surface area (TPSA) is 96.0 Å². The Morgan fingerprint density at radius 3 is 2.24 bits per heavy atom. The van der Waals surface area contributed by atoms with E-state index in [0.29, 0.717) is 24.3 Å². The number of hydrogen-bond acceptors (Lipinski definition) is 5. The molecule has 41 heavy (non-hydrogen) atoms. The molecule has 0 aliphatic rings. The van der Waals surface area contributed by atoms with Crippen LogP contribution in [0.15, 0.2) is 71.6 Å². The fourth-order valence-corrected chi connectivity index (χ4v) is 5.91. The fraction of sp³-hybridized carbons (Fsp3) is 0.333. The third-order valence-electron chi connectivity index (χ3n) is 6.51. The molecule has 2 amide bonds. The standard InChI is InChI=1S/C30H35ClFN3O5S/c1-5-17-33-30(37)27(6-2)34(19-22-9-11-23(32)12-10-22)29(36)20-35(24-13-16-28(40-4)26(31)18-24)41(38,39)25-14-7-21(3)8-15-25/h7-16,18,27H,5-6,17,19-20H2,1-4H3,(H,33,37). The quantitative estimate of drug-likeness (QED) is 0.285. The summed E-state index contributed by atoms with van der Waals surface area (Å²) in [5.74, 6) is -1.07. The van der Waals surface area contributed by atoms with Crippen molar-refractivity contribution in [3.63, 3.8) is 0 Å². The number of amides is 2. The summed E-state index contributed by atoms with van der Waals surface area (Å²) in [4.78, 5) is 28.5. The fourth-order valence-electron chi connectivity index (χ4n) is 4.25. The van der Waals surface area contributed by atoms with E-state index in [0.717, 1.165) is 9.87 Å². The number of sulfonamides is 1. The molecule has 0 aromatic heterocycles. The van der Waals surface area contributed by atoms with Crippen molar-refractivity contribution >= 4 is 39.1 Å². The number of nitrogens with one attached hydrogen (secondary N) is 1. The van der Waals surface area contributed by atoms with Crippen molar-refractivity contribution in [3.8, 4) is 5.75 Å². The zero-order valence-corrected chi connectivity index (χ0v) is 25.1. The summed E-state index contributed by atoms with van der Waals surface area (Å²) < 4.78 is 47.7. The molecular formula is C30H35ClFN3O5S. The summed E-state index contributed by atoms with van der Waals surface area (Å²) in [7, 11) is -2.81. The molecule has 0 fully saturated rings. The van der Waals surface area contributed by atoms with Gasteiger partial charge in [-0.2, -0.15) is 0 Å². The lowest BCUT2D eigenvalue weighted by Crippen LogP contribution is -2.52. The van der Waals surface area contributed by atoms with Gasteiger partial charge in [-0.1, -0.05) is 55.3 Å². The smallest absolute Gasteiger partial charge is 0.264 e. The van der Waals surface area contributed by atoms with Gasteiger partial charge in [0.05, 0.1) is 22.7 Å². The predicted molar refractivity (Wildman–Crippen MR) is 158 cm³/mol. The van der Waals surface area contributed by atoms with Crippen molar-refractivity contribution in [1.29, 1.82) is 0 Å². The Kier molecular flexibility index (Phi) is 11.1. The number of methoxy groups -OCH3 is 1. The third-order valence-corrected chi connectivity index (χ3v) is 8.60. The van der Waals surface area contributed by atoms with Crippen LogP contribution in [0.2, 0.25) is 5.02 Å². The highest BCUT2D eigenvalue weighted by molar-refractivity contribution is 7.92. The van der Waals surface area contributed by atoms with Crippen molar-refractivity contribution in [3.05, 3.63) is 88.7 Å². The monoisotopic (exact) mass is 603 g/mol. The van der Waals surface area contributed by atoms with Crippen molar-refractivity contribution in [1.82, 2.24) is 10.2 Å². The second kappa shape index (κ2) is 14.3. The first-order valence-electron chi connectivity index (χ1n) is 13.3. The Hall–Kier alpha value is -3.63. The molecule has 0 radical (unpaired) electrons. The first-order valence-corrected chi connectivity index (χ1v) is 15.1. The summed E-state index contributed by atoms with van der Waals surface area (Å²) in [5, 5.41) is 2.99. The Morgan fingerprint density at radius 1 is 1.02 bits per heavy atom. The van der Waals surface area contributed by atoms with Gasteiger partial charge in [-0.3, -0.25) is 13.9 Å². The van der Waals surface area contributed by atoms with Crippen LogP contribution in [0, 0.1) is 12.7 Å². The Morgan fingerprint density at radius 2 is 1.68 bits per heavy atom. The van der Waals surface area contributed by atoms with Crippen molar-refractivity contribution in [2.24, 2.45) is 0 Å². The van der Waals surface area contributed by atoms with E-state index in [1.165, 1.54) is 66.6 Å². The van der Waals surface area contributed by atoms with Gasteiger partial charge >= 0.3 is 0 Å². The minimum absolute atomic E-state index is 0.0133. The molecule has 0 bridgehead atoms. The molecule has 1 unspecified atom stereocenters. The molecule has 0 aliphatic heterocycles. The number of ether oxygens (including phenoxy) is 1. The highest BCUT2D eigenvalue weighted by Gasteiger charge is 2.34. The average Bonchev–Trinajstić information content (AvgIpc) is 2.95. The number of nitrogens with zero attached hydrogens (tertiary/aromatic N) is 2. The van der Waals surface area contributed by atoms with Crippen molar-refractivity contribution in [2.45, 2.75) is 51.1 Å². The summed E-state index contributed by atoms with van der Waals surface area (Å²) in [6, 6.07) is 15.4. The van der Waals surface area contributed by atoms with Crippen LogP contribution < -0.4 is 14.4 Å². The first-order chi connectivity index (χ1) is 19.5. The van der Waals surface area contributed by atoms with Crippen LogP contribution in [0.1, 0.15) is 37.8 Å². The maximum Gasteiger partial charge on any atom is 0.264 e. The number of halogens is 2. The molecular weight excluding hydrogens is 569 g/mol. The van der Waals surface area contributed by atoms with Crippen molar-refractivity contribution < 1.29 is 27.1 Å². The Labute approximate surface area is 246 Å². The highest BCUT2D eigenvalue weighted by Crippen LogP contribution is 2.32. The molecule has 220 valence electrons. The van der Waals surface area contributed by atoms with Gasteiger partial charge in [0.1, 0.15) is 24.2 Å². The number of rotatable bonds is 13. The van der Waals surface area contributed by atoms with Gasteiger partial charge in [0.15, 0.2) is 0 Å². The zero-order chi connectivity index (χ0) is 30.2. The van der Waals surface area contributed by atoms with Crippen LogP contribution in [-0.2, 0) is 26.2 Å². The molecule has 0 aliphatic carbocycles. The normalized spacial score (nSPS) is 12.0. The molecule has 11 heteroatoms. The lowest BCUT2D eigenvalue weighted by molar-refractivity contribution is -0.140. The predicted octanol–water partition coefficient (Wildman–Crippen LogP) is 5.33. The minimum atomic E-state index is -4.24. The van der Waals surface area contributed by atoms with Gasteiger partial charge in [0, 0.05) is 13.1 Å². The highest BCUT2D eigenvalue weighted by atomic mass is 35.5. The average molecular weight is 604 g/mol. The van der Waals surface area contributed by atoms with Gasteiger partial charge in [-0.05, 0) is 67.8 Å². The van der Waals surface area contributed by atoms with Crippen molar-refractivity contribution in [2.75, 3.05) is 24.5 Å². The second-order valence-corrected chi connectivity index (χ2v) is 11.8. The molecule has 0 spiro atoms. The number of carbonyl (C=O) groups excluding carboxylic acids is 2. The minimum Gasteiger partial charge on any atom is -0.495 e. The first kappa shape index (κ1) is 31.9. The number of anilines is 1. The SMILES string of the molecule is CCCNC(=O)C(CC)N(Cc1ccc(F)cc1)C(=O)CN(c1ccc(OC)c(Cl)c1)S(=O)(=O)c1ccc(C)cc1. The maximum absolute atomic E-state index is 14.0. The molecule has 0 heterocycles. The van der Waals surface area contributed by atoms with Crippen LogP contribution in [0.3, 0.4) is 0 Å². The summed E-state index contributed by atoms with van der Waals surface area (Å²) >= 11 is 6.35. The van der Waals surface area contributed by atoms with Gasteiger partial charge in [-0.25, -0.2) is 12.8 Å². The van der Waals surface area contributed by atoms with Gasteiger partial charge in [0.25, 0.3) is 10.0 Å². The van der Waals surface area contributed by atoms with Crippen LogP contribution >= 0.6 is 11.6 Å². The van der Waals surface area contributed by atoms with E-state index in [1.807, 2.05) is 13.8 Å². The van der Waals surface area contributed by atoms with Gasteiger partial charge < -0.3 is 15.0 Å². The van der Waals surface area contributed by atoms with E-state index in [4.69, 9.17) is 16.3 Å². The van der Waals surface area contributed by atoms with Crippen LogP contribution in [-0.4, -0.2) is 51.4 Å². The molecule has 1 N–H and O–H groups in total. The summed E-state index contributed by atoms with van der Waals surface area (Å²) in [6.45, 7) is 5.30. The van der Waals surface area contributed by atoms with E-state index in [2.05, 4.69) is 5.32 Å². The second-order valence-electron chi connectivity index (χ2n) is 9.51. The van der Waals surface area contributed by atoms with E-state index < -0.39 is 34.3 Å². The zero-order valence-electron chi connectivity index (χ0n) is 23.6. The third kappa shape index (κ3) is 7.98. The Balaban J connectivity index is 2.08.